The highest BCUT2D eigenvalue weighted by Gasteiger charge is 2.02. The van der Waals surface area contributed by atoms with Crippen LogP contribution in [0.15, 0.2) is 33.3 Å². The Labute approximate surface area is 126 Å². The minimum atomic E-state index is 0.836. The molecule has 2 heterocycles. The Hall–Kier alpha value is -0.100. The standard InChI is InChI=1S/C11H9Br2ClN2S/c12-7-5-9(13)11(16-6-7)15-4-3-8-1-2-10(14)17-8/h1-2,5-6H,3-4H2,(H,15,16). The van der Waals surface area contributed by atoms with Gasteiger partial charge in [0.1, 0.15) is 5.82 Å². The monoisotopic (exact) mass is 394 g/mol. The van der Waals surface area contributed by atoms with Crippen LogP contribution >= 0.6 is 54.8 Å². The lowest BCUT2D eigenvalue weighted by molar-refractivity contribution is 1.02. The molecule has 0 fully saturated rings. The lowest BCUT2D eigenvalue weighted by Gasteiger charge is -2.06. The van der Waals surface area contributed by atoms with Gasteiger partial charge in [0.25, 0.3) is 0 Å². The smallest absolute Gasteiger partial charge is 0.140 e. The Morgan fingerprint density at radius 3 is 2.82 bits per heavy atom. The number of nitrogens with zero attached hydrogens (tertiary/aromatic N) is 1. The van der Waals surface area contributed by atoms with E-state index in [0.29, 0.717) is 0 Å². The molecule has 0 spiro atoms. The maximum atomic E-state index is 5.87. The summed E-state index contributed by atoms with van der Waals surface area (Å²) in [5.74, 6) is 0.857. The first-order valence-corrected chi connectivity index (χ1v) is 7.72. The summed E-state index contributed by atoms with van der Waals surface area (Å²) in [7, 11) is 0. The van der Waals surface area contributed by atoms with E-state index >= 15 is 0 Å². The molecule has 0 aliphatic carbocycles. The molecule has 0 aliphatic rings. The molecule has 17 heavy (non-hydrogen) atoms. The van der Waals surface area contributed by atoms with Crippen molar-refractivity contribution in [3.05, 3.63) is 42.6 Å². The molecule has 0 unspecified atom stereocenters. The van der Waals surface area contributed by atoms with E-state index in [1.807, 2.05) is 12.1 Å². The van der Waals surface area contributed by atoms with E-state index in [1.54, 1.807) is 17.5 Å². The predicted octanol–water partition coefficient (Wildman–Crippen LogP) is 4.98. The lowest BCUT2D eigenvalue weighted by atomic mass is 10.3. The van der Waals surface area contributed by atoms with Gasteiger partial charge in [-0.3, -0.25) is 0 Å². The molecule has 0 saturated carbocycles. The molecule has 2 rings (SSSR count). The van der Waals surface area contributed by atoms with Crippen molar-refractivity contribution in [1.29, 1.82) is 0 Å². The van der Waals surface area contributed by atoms with E-state index < -0.39 is 0 Å². The maximum absolute atomic E-state index is 5.87. The molecule has 90 valence electrons. The quantitative estimate of drug-likeness (QED) is 0.789. The number of pyridine rings is 1. The molecule has 0 bridgehead atoms. The number of anilines is 1. The van der Waals surface area contributed by atoms with Crippen LogP contribution in [0.25, 0.3) is 0 Å². The first kappa shape index (κ1) is 13.3. The second-order valence-electron chi connectivity index (χ2n) is 3.37. The van der Waals surface area contributed by atoms with Crippen molar-refractivity contribution in [3.8, 4) is 0 Å². The predicted molar refractivity (Wildman–Crippen MR) is 81.2 cm³/mol. The minimum absolute atomic E-state index is 0.836. The highest BCUT2D eigenvalue weighted by Crippen LogP contribution is 2.24. The van der Waals surface area contributed by atoms with Crippen LogP contribution < -0.4 is 5.32 Å². The van der Waals surface area contributed by atoms with Crippen LogP contribution in [0.1, 0.15) is 4.88 Å². The molecule has 1 N–H and O–H groups in total. The number of aromatic nitrogens is 1. The van der Waals surface area contributed by atoms with Crippen LogP contribution in [0.3, 0.4) is 0 Å². The lowest BCUT2D eigenvalue weighted by Crippen LogP contribution is -2.05. The highest BCUT2D eigenvalue weighted by molar-refractivity contribution is 9.11. The second kappa shape index (κ2) is 6.18. The fourth-order valence-electron chi connectivity index (χ4n) is 1.33. The van der Waals surface area contributed by atoms with E-state index in [4.69, 9.17) is 11.6 Å². The van der Waals surface area contributed by atoms with Crippen molar-refractivity contribution < 1.29 is 0 Å². The summed E-state index contributed by atoms with van der Waals surface area (Å²) < 4.78 is 2.75. The van der Waals surface area contributed by atoms with Crippen molar-refractivity contribution in [3.63, 3.8) is 0 Å². The van der Waals surface area contributed by atoms with Crippen LogP contribution in [-0.2, 0) is 6.42 Å². The number of halogens is 3. The summed E-state index contributed by atoms with van der Waals surface area (Å²) >= 11 is 14.3. The van der Waals surface area contributed by atoms with Gasteiger partial charge in [-0.1, -0.05) is 11.6 Å². The molecular formula is C11H9Br2ClN2S. The summed E-state index contributed by atoms with van der Waals surface area (Å²) in [6, 6.07) is 5.95. The molecule has 0 atom stereocenters. The summed E-state index contributed by atoms with van der Waals surface area (Å²) in [6.45, 7) is 0.837. The summed E-state index contributed by atoms with van der Waals surface area (Å²) in [5, 5.41) is 3.28. The van der Waals surface area contributed by atoms with E-state index in [1.165, 1.54) is 4.88 Å². The van der Waals surface area contributed by atoms with Gasteiger partial charge in [-0.25, -0.2) is 4.98 Å². The molecule has 2 aromatic rings. The summed E-state index contributed by atoms with van der Waals surface area (Å²) in [4.78, 5) is 5.56. The molecule has 6 heteroatoms. The van der Waals surface area contributed by atoms with Crippen LogP contribution in [-0.4, -0.2) is 11.5 Å². The van der Waals surface area contributed by atoms with Gasteiger partial charge in [0.15, 0.2) is 0 Å². The normalized spacial score (nSPS) is 10.5. The number of nitrogens with one attached hydrogen (secondary N) is 1. The van der Waals surface area contributed by atoms with E-state index in [-0.39, 0.29) is 0 Å². The molecule has 0 amide bonds. The Kier molecular flexibility index (Phi) is 4.85. The van der Waals surface area contributed by atoms with Gasteiger partial charge in [0.2, 0.25) is 0 Å². The van der Waals surface area contributed by atoms with Gasteiger partial charge >= 0.3 is 0 Å². The Balaban J connectivity index is 1.90. The van der Waals surface area contributed by atoms with Crippen molar-refractivity contribution in [2.45, 2.75) is 6.42 Å². The number of hydrogen-bond acceptors (Lipinski definition) is 3. The van der Waals surface area contributed by atoms with Crippen LogP contribution in [0.2, 0.25) is 4.34 Å². The van der Waals surface area contributed by atoms with Gasteiger partial charge in [-0.05, 0) is 56.5 Å². The third-order valence-electron chi connectivity index (χ3n) is 2.10. The zero-order chi connectivity index (χ0) is 12.3. The third-order valence-corrected chi connectivity index (χ3v) is 4.43. The van der Waals surface area contributed by atoms with E-state index in [9.17, 15) is 0 Å². The zero-order valence-corrected chi connectivity index (χ0v) is 13.5. The molecule has 2 nitrogen and oxygen atoms in total. The SMILES string of the molecule is Clc1ccc(CCNc2ncc(Br)cc2Br)s1. The van der Waals surface area contributed by atoms with Crippen LogP contribution in [0.5, 0.6) is 0 Å². The van der Waals surface area contributed by atoms with Crippen molar-refractivity contribution in [2.75, 3.05) is 11.9 Å². The Bertz CT molecular complexity index is 516. The van der Waals surface area contributed by atoms with E-state index in [0.717, 1.165) is 32.1 Å². The summed E-state index contributed by atoms with van der Waals surface area (Å²) in [6.07, 6.45) is 2.72. The second-order valence-corrected chi connectivity index (χ2v) is 6.94. The molecular weight excluding hydrogens is 387 g/mol. The number of thiophene rings is 1. The first-order chi connectivity index (χ1) is 8.15. The Morgan fingerprint density at radius 2 is 2.18 bits per heavy atom. The third kappa shape index (κ3) is 3.95. The Morgan fingerprint density at radius 1 is 1.35 bits per heavy atom. The summed E-state index contributed by atoms with van der Waals surface area (Å²) in [5.41, 5.74) is 0. The minimum Gasteiger partial charge on any atom is -0.369 e. The van der Waals surface area contributed by atoms with Gasteiger partial charge in [-0.15, -0.1) is 11.3 Å². The highest BCUT2D eigenvalue weighted by atomic mass is 79.9. The molecule has 0 saturated heterocycles. The van der Waals surface area contributed by atoms with Crippen LogP contribution in [0, 0.1) is 0 Å². The van der Waals surface area contributed by atoms with Gasteiger partial charge in [0.05, 0.1) is 8.81 Å². The fourth-order valence-corrected chi connectivity index (χ4v) is 3.55. The van der Waals surface area contributed by atoms with Crippen molar-refractivity contribution >= 4 is 60.6 Å². The molecule has 0 aromatic carbocycles. The zero-order valence-electron chi connectivity index (χ0n) is 8.71. The average molecular weight is 397 g/mol. The average Bonchev–Trinajstić information content (AvgIpc) is 2.68. The van der Waals surface area contributed by atoms with Gasteiger partial charge < -0.3 is 5.32 Å². The number of rotatable bonds is 4. The maximum Gasteiger partial charge on any atom is 0.140 e. The van der Waals surface area contributed by atoms with Gasteiger partial charge in [0, 0.05) is 22.1 Å². The van der Waals surface area contributed by atoms with Gasteiger partial charge in [-0.2, -0.15) is 0 Å². The van der Waals surface area contributed by atoms with E-state index in [2.05, 4.69) is 48.2 Å². The first-order valence-electron chi connectivity index (χ1n) is 4.94. The molecule has 0 aliphatic heterocycles. The molecule has 0 radical (unpaired) electrons. The number of hydrogen-bond donors (Lipinski definition) is 1. The largest absolute Gasteiger partial charge is 0.369 e. The van der Waals surface area contributed by atoms with Crippen molar-refractivity contribution in [1.82, 2.24) is 4.98 Å². The fraction of sp³-hybridized carbons (Fsp3) is 0.182. The topological polar surface area (TPSA) is 24.9 Å². The van der Waals surface area contributed by atoms with Crippen molar-refractivity contribution in [2.24, 2.45) is 0 Å². The van der Waals surface area contributed by atoms with Crippen LogP contribution in [0.4, 0.5) is 5.82 Å². The molecule has 2 aromatic heterocycles.